The average molecular weight is 588 g/mol. The van der Waals surface area contributed by atoms with Crippen molar-refractivity contribution in [2.45, 2.75) is 38.8 Å². The Kier molecular flexibility index (Phi) is 5.51. The van der Waals surface area contributed by atoms with Gasteiger partial charge in [-0.3, -0.25) is 9.36 Å². The Morgan fingerprint density at radius 2 is 2.00 bits per heavy atom. The van der Waals surface area contributed by atoms with Crippen molar-refractivity contribution in [3.05, 3.63) is 36.0 Å². The molecule has 140 valence electrons. The van der Waals surface area contributed by atoms with Gasteiger partial charge in [-0.05, 0) is 38.5 Å². The Morgan fingerprint density at radius 3 is 2.56 bits per heavy atom. The average Bonchev–Trinajstić information content (AvgIpc) is 2.89. The molecule has 0 bridgehead atoms. The molecule has 7 nitrogen and oxygen atoms in total. The minimum atomic E-state index is -1.15. The number of aliphatic carboxylic acids is 1. The molecular formula is C17H19FmN2O5-. The van der Waals surface area contributed by atoms with Gasteiger partial charge in [0.2, 0.25) is 0 Å². The smallest absolute Gasteiger partial charge is 0.418 e. The fraction of sp³-hybridized carbons (Fsp3) is 0.353. The fourth-order valence-electron chi connectivity index (χ4n) is 2.37. The zero-order valence-corrected chi connectivity index (χ0v) is 16.4. The Hall–Kier alpha value is -3.83. The van der Waals surface area contributed by atoms with E-state index in [2.05, 4.69) is 5.32 Å². The molecule has 0 spiro atoms. The molecule has 2 N–H and O–H groups in total. The number of carbonyl (C=O) groups is 2. The summed E-state index contributed by atoms with van der Waals surface area (Å²) in [7, 11) is 0. The maximum absolute atomic E-state index is 12.3. The zero-order chi connectivity index (χ0) is 17.9. The molecule has 0 unspecified atom stereocenters. The third-order valence-corrected chi connectivity index (χ3v) is 3.37. The van der Waals surface area contributed by atoms with E-state index in [9.17, 15) is 14.4 Å². The van der Waals surface area contributed by atoms with Crippen LogP contribution >= 0.6 is 0 Å². The predicted molar refractivity (Wildman–Crippen MR) is 87.5 cm³/mol. The van der Waals surface area contributed by atoms with Crippen LogP contribution in [0.2, 0.25) is 0 Å². The molecule has 2 aromatic rings. The fourth-order valence-corrected chi connectivity index (χ4v) is 2.37. The van der Waals surface area contributed by atoms with E-state index in [4.69, 9.17) is 9.84 Å². The third-order valence-electron chi connectivity index (χ3n) is 3.37. The van der Waals surface area contributed by atoms with Gasteiger partial charge in [0.1, 0.15) is 11.6 Å². The van der Waals surface area contributed by atoms with Gasteiger partial charge < -0.3 is 20.0 Å². The molecule has 1 aromatic carbocycles. The SMILES string of the molecule is CC(C)(C)OC(=O)n1ccc2c(C[C@H](N[C-]=O)C(=O)O)cccc21.[Fm]. The first-order valence-electron chi connectivity index (χ1n) is 7.40. The summed E-state index contributed by atoms with van der Waals surface area (Å²) in [6.07, 6.45) is 2.56. The number of benzene rings is 1. The molecule has 0 radical (unpaired) electrons. The molecule has 1 aromatic heterocycles. The molecule has 0 fully saturated rings. The summed E-state index contributed by atoms with van der Waals surface area (Å²) < 4.78 is 6.73. The molecule has 8 heteroatoms. The van der Waals surface area contributed by atoms with Crippen LogP contribution in [0.4, 0.5) is 4.79 Å². The van der Waals surface area contributed by atoms with E-state index in [0.29, 0.717) is 11.1 Å². The minimum Gasteiger partial charge on any atom is -0.520 e. The van der Waals surface area contributed by atoms with Gasteiger partial charge in [-0.25, -0.2) is 4.79 Å². The number of carbonyl (C=O) groups excluding carboxylic acids is 2. The van der Waals surface area contributed by atoms with Gasteiger partial charge in [-0.15, -0.1) is 0 Å². The number of ether oxygens (including phenoxy) is 1. The van der Waals surface area contributed by atoms with Crippen molar-refractivity contribution < 1.29 is 24.2 Å². The van der Waals surface area contributed by atoms with E-state index in [1.165, 1.54) is 11.0 Å². The van der Waals surface area contributed by atoms with Gasteiger partial charge in [0.05, 0.1) is 5.52 Å². The summed E-state index contributed by atoms with van der Waals surface area (Å²) in [6, 6.07) is 5.86. The van der Waals surface area contributed by atoms with E-state index < -0.39 is 23.7 Å². The molecule has 1 atom stereocenters. The number of carboxylic acid groups (broad SMARTS) is 1. The molecule has 0 aliphatic carbocycles. The number of aromatic nitrogens is 1. The number of nitrogens with zero attached hydrogens (tertiary/aromatic N) is 1. The second-order valence-corrected chi connectivity index (χ2v) is 6.36. The molecule has 2 rings (SSSR count). The van der Waals surface area contributed by atoms with Gasteiger partial charge in [-0.2, -0.15) is 6.41 Å². The van der Waals surface area contributed by atoms with Gasteiger partial charge in [0.25, 0.3) is 0 Å². The van der Waals surface area contributed by atoms with Crippen LogP contribution in [0.15, 0.2) is 30.5 Å². The van der Waals surface area contributed by atoms with Crippen LogP contribution in [0, 0.1) is 0 Å². The summed E-state index contributed by atoms with van der Waals surface area (Å²) in [5.74, 6) is -1.15. The largest absolute Gasteiger partial charge is 0.520 e. The predicted octanol–water partition coefficient (Wildman–Crippen LogP) is 2.08. The second kappa shape index (κ2) is 7.16. The maximum atomic E-state index is 12.3. The first kappa shape index (κ1) is 19.2. The van der Waals surface area contributed by atoms with Crippen molar-refractivity contribution >= 4 is 29.4 Å². The van der Waals surface area contributed by atoms with Gasteiger partial charge >= 0.3 is 12.1 Å². The van der Waals surface area contributed by atoms with Crippen molar-refractivity contribution in [2.75, 3.05) is 0 Å². The van der Waals surface area contributed by atoms with Crippen molar-refractivity contribution in [3.63, 3.8) is 0 Å². The summed E-state index contributed by atoms with van der Waals surface area (Å²) in [6.45, 7) is 5.34. The number of hydrogen-bond acceptors (Lipinski definition) is 4. The monoisotopic (exact) mass is 588 g/mol. The first-order chi connectivity index (χ1) is 11.2. The van der Waals surface area contributed by atoms with Gasteiger partial charge in [0.15, 0.2) is 0 Å². The van der Waals surface area contributed by atoms with E-state index in [0.717, 1.165) is 5.39 Å². The quantitative estimate of drug-likeness (QED) is 0.412. The zero-order valence-electron chi connectivity index (χ0n) is 14.0. The molecule has 1 heterocycles. The normalized spacial score (nSPS) is 12.1. The van der Waals surface area contributed by atoms with E-state index >= 15 is 0 Å². The van der Waals surface area contributed by atoms with Crippen LogP contribution in [-0.4, -0.2) is 39.8 Å². The molecule has 1 amide bonds. The molecule has 0 saturated carbocycles. The molecule has 0 saturated heterocycles. The van der Waals surface area contributed by atoms with Gasteiger partial charge in [0, 0.05) is 18.0 Å². The van der Waals surface area contributed by atoms with E-state index in [1.807, 2.05) is 0 Å². The van der Waals surface area contributed by atoms with Crippen LogP contribution in [0.25, 0.3) is 10.9 Å². The van der Waals surface area contributed by atoms with Crippen LogP contribution in [0.5, 0.6) is 0 Å². The second-order valence-electron chi connectivity index (χ2n) is 6.36. The maximum Gasteiger partial charge on any atom is 0.418 e. The number of amides is 1. The number of fused-ring (bicyclic) bond motifs is 1. The van der Waals surface area contributed by atoms with Crippen molar-refractivity contribution in [2.24, 2.45) is 0 Å². The summed E-state index contributed by atoms with van der Waals surface area (Å²) >= 11 is 0. The van der Waals surface area contributed by atoms with Crippen LogP contribution in [0.3, 0.4) is 0 Å². The standard InChI is InChI=1S/C17H19N2O5.Fm/c1-17(2,3)24-16(23)19-8-7-12-11(5-4-6-14(12)19)9-13(15(21)22)18-10-20;/h4-8,13H,9H2,1-3H3,(H,18,20)(H,21,22);/q-1;/t13-;/m0./s1. The summed E-state index contributed by atoms with van der Waals surface area (Å²) in [5, 5.41) is 12.0. The minimum absolute atomic E-state index is 0. The van der Waals surface area contributed by atoms with Crippen LogP contribution in [-0.2, 0) is 20.7 Å². The van der Waals surface area contributed by atoms with E-state index in [1.54, 1.807) is 51.2 Å². The Bertz CT molecular complexity index is 779. The van der Waals surface area contributed by atoms with Crippen molar-refractivity contribution in [3.8, 4) is 0 Å². The Balaban J connectivity index is 0.00000312. The molecule has 25 heavy (non-hydrogen) atoms. The number of hydrogen-bond donors (Lipinski definition) is 2. The van der Waals surface area contributed by atoms with Gasteiger partial charge in [-0.1, -0.05) is 12.1 Å². The Morgan fingerprint density at radius 1 is 1.32 bits per heavy atom. The molecule has 0 aliphatic rings. The van der Waals surface area contributed by atoms with Crippen molar-refractivity contribution in [1.82, 2.24) is 9.88 Å². The summed E-state index contributed by atoms with van der Waals surface area (Å²) in [4.78, 5) is 33.9. The third kappa shape index (κ3) is 4.34. The van der Waals surface area contributed by atoms with Crippen molar-refractivity contribution in [1.29, 1.82) is 0 Å². The number of nitrogens with one attached hydrogen (secondary N) is 1. The number of rotatable bonds is 5. The van der Waals surface area contributed by atoms with E-state index in [-0.39, 0.29) is 6.42 Å². The molecule has 0 aliphatic heterocycles. The Labute approximate surface area is 139 Å². The topological polar surface area (TPSA) is 97.6 Å². The van der Waals surface area contributed by atoms with Crippen LogP contribution < -0.4 is 5.32 Å². The summed E-state index contributed by atoms with van der Waals surface area (Å²) in [5.41, 5.74) is 0.689. The molecular weight excluding hydrogens is 569 g/mol. The number of carboxylic acids is 1. The first-order valence-corrected chi connectivity index (χ1v) is 7.40. The van der Waals surface area contributed by atoms with Crippen LogP contribution in [0.1, 0.15) is 26.3 Å².